The van der Waals surface area contributed by atoms with Crippen molar-refractivity contribution in [2.24, 2.45) is 0 Å². The summed E-state index contributed by atoms with van der Waals surface area (Å²) in [4.78, 5) is 4.72. The van der Waals surface area contributed by atoms with Gasteiger partial charge in [-0.05, 0) is 6.42 Å². The molecule has 3 heteroatoms. The molecule has 0 spiro atoms. The quantitative estimate of drug-likeness (QED) is 0.654. The van der Waals surface area contributed by atoms with Crippen molar-refractivity contribution in [2.75, 3.05) is 0 Å². The third-order valence-corrected chi connectivity index (χ3v) is 3.28. The van der Waals surface area contributed by atoms with Gasteiger partial charge >= 0.3 is 0 Å². The van der Waals surface area contributed by atoms with Gasteiger partial charge in [0.05, 0.1) is 0 Å². The van der Waals surface area contributed by atoms with Crippen LogP contribution in [0.25, 0.3) is 22.8 Å². The van der Waals surface area contributed by atoms with Crippen LogP contribution in [0.5, 0.6) is 0 Å². The van der Waals surface area contributed by atoms with Crippen LogP contribution >= 0.6 is 0 Å². The zero-order valence-corrected chi connectivity index (χ0v) is 11.8. The Labute approximate surface area is 124 Å². The van der Waals surface area contributed by atoms with Gasteiger partial charge in [0.2, 0.25) is 0 Å². The molecule has 0 fully saturated rings. The first kappa shape index (κ1) is 13.3. The topological polar surface area (TPSA) is 30.7 Å². The van der Waals surface area contributed by atoms with Gasteiger partial charge < -0.3 is 0 Å². The number of benzene rings is 2. The van der Waals surface area contributed by atoms with Crippen molar-refractivity contribution in [2.45, 2.75) is 13.0 Å². The summed E-state index contributed by atoms with van der Waals surface area (Å²) < 4.78 is 1.96. The maximum atomic E-state index is 4.72. The molecule has 0 aliphatic heterocycles. The lowest BCUT2D eigenvalue weighted by Crippen LogP contribution is -2.02. The summed E-state index contributed by atoms with van der Waals surface area (Å²) in [6.07, 6.45) is 2.77. The van der Waals surface area contributed by atoms with Gasteiger partial charge in [-0.1, -0.05) is 66.7 Å². The lowest BCUT2D eigenvalue weighted by atomic mass is 10.2. The SMILES string of the molecule is C=CCCn1nc(-c2ccccc2)nc1-c1ccccc1. The second kappa shape index (κ2) is 6.18. The standard InChI is InChI=1S/C18H17N3/c1-2-3-14-21-18(16-12-8-5-9-13-16)19-17(20-21)15-10-6-4-7-11-15/h2,4-13H,1,3,14H2. The molecule has 21 heavy (non-hydrogen) atoms. The van der Waals surface area contributed by atoms with Crippen LogP contribution in [-0.2, 0) is 6.54 Å². The molecule has 1 heterocycles. The molecule has 0 amide bonds. The van der Waals surface area contributed by atoms with Gasteiger partial charge in [-0.25, -0.2) is 9.67 Å². The van der Waals surface area contributed by atoms with E-state index in [2.05, 4.69) is 23.8 Å². The van der Waals surface area contributed by atoms with Crippen molar-refractivity contribution in [3.05, 3.63) is 73.3 Å². The number of hydrogen-bond donors (Lipinski definition) is 0. The predicted octanol–water partition coefficient (Wildman–Crippen LogP) is 4.19. The van der Waals surface area contributed by atoms with Crippen LogP contribution in [0.2, 0.25) is 0 Å². The van der Waals surface area contributed by atoms with Gasteiger partial charge in [-0.3, -0.25) is 0 Å². The minimum atomic E-state index is 0.763. The Kier molecular flexibility index (Phi) is 3.92. The third-order valence-electron chi connectivity index (χ3n) is 3.28. The fourth-order valence-electron chi connectivity index (χ4n) is 2.22. The average molecular weight is 275 g/mol. The maximum absolute atomic E-state index is 4.72. The van der Waals surface area contributed by atoms with Crippen molar-refractivity contribution in [1.29, 1.82) is 0 Å². The van der Waals surface area contributed by atoms with Crippen molar-refractivity contribution in [3.63, 3.8) is 0 Å². The molecule has 3 rings (SSSR count). The van der Waals surface area contributed by atoms with E-state index in [1.807, 2.05) is 59.3 Å². The van der Waals surface area contributed by atoms with E-state index in [1.54, 1.807) is 0 Å². The minimum Gasteiger partial charge on any atom is -0.245 e. The summed E-state index contributed by atoms with van der Waals surface area (Å²) in [5.74, 6) is 1.66. The van der Waals surface area contributed by atoms with E-state index in [9.17, 15) is 0 Å². The molecule has 0 unspecified atom stereocenters. The number of nitrogens with zero attached hydrogens (tertiary/aromatic N) is 3. The number of allylic oxidation sites excluding steroid dienone is 1. The highest BCUT2D eigenvalue weighted by atomic mass is 15.3. The van der Waals surface area contributed by atoms with Crippen molar-refractivity contribution < 1.29 is 0 Å². The molecule has 1 aromatic heterocycles. The molecule has 0 atom stereocenters. The highest BCUT2D eigenvalue weighted by Crippen LogP contribution is 2.22. The van der Waals surface area contributed by atoms with Gasteiger partial charge in [0, 0.05) is 17.7 Å². The molecule has 3 nitrogen and oxygen atoms in total. The van der Waals surface area contributed by atoms with Crippen LogP contribution in [0, 0.1) is 0 Å². The molecule has 104 valence electrons. The van der Waals surface area contributed by atoms with Gasteiger partial charge in [0.15, 0.2) is 11.6 Å². The fourth-order valence-corrected chi connectivity index (χ4v) is 2.22. The Hall–Kier alpha value is -2.68. The molecule has 0 N–H and O–H groups in total. The van der Waals surface area contributed by atoms with Gasteiger partial charge in [-0.2, -0.15) is 5.10 Å². The molecule has 0 bridgehead atoms. The molecule has 2 aromatic carbocycles. The van der Waals surface area contributed by atoms with Crippen molar-refractivity contribution in [3.8, 4) is 22.8 Å². The lowest BCUT2D eigenvalue weighted by Gasteiger charge is -2.03. The summed E-state index contributed by atoms with van der Waals surface area (Å²) >= 11 is 0. The Morgan fingerprint density at radius 3 is 2.14 bits per heavy atom. The summed E-state index contributed by atoms with van der Waals surface area (Å²) in [6, 6.07) is 20.2. The van der Waals surface area contributed by atoms with E-state index in [-0.39, 0.29) is 0 Å². The lowest BCUT2D eigenvalue weighted by molar-refractivity contribution is 0.631. The summed E-state index contributed by atoms with van der Waals surface area (Å²) in [5, 5.41) is 4.65. The zero-order valence-electron chi connectivity index (χ0n) is 11.8. The van der Waals surface area contributed by atoms with E-state index in [1.165, 1.54) is 0 Å². The van der Waals surface area contributed by atoms with Crippen LogP contribution in [0.4, 0.5) is 0 Å². The maximum Gasteiger partial charge on any atom is 0.181 e. The van der Waals surface area contributed by atoms with Gasteiger partial charge in [0.1, 0.15) is 0 Å². The first-order valence-corrected chi connectivity index (χ1v) is 7.05. The van der Waals surface area contributed by atoms with Crippen LogP contribution in [-0.4, -0.2) is 14.8 Å². The fraction of sp³-hybridized carbons (Fsp3) is 0.111. The Morgan fingerprint density at radius 1 is 0.905 bits per heavy atom. The zero-order chi connectivity index (χ0) is 14.5. The number of hydrogen-bond acceptors (Lipinski definition) is 2. The molecule has 0 aliphatic carbocycles. The molecule has 3 aromatic rings. The highest BCUT2D eigenvalue weighted by Gasteiger charge is 2.12. The number of aromatic nitrogens is 3. The van der Waals surface area contributed by atoms with Crippen LogP contribution in [0.15, 0.2) is 73.3 Å². The molecule has 0 radical (unpaired) electrons. The number of aryl methyl sites for hydroxylation is 1. The second-order valence-electron chi connectivity index (χ2n) is 4.79. The van der Waals surface area contributed by atoms with Crippen LogP contribution in [0.3, 0.4) is 0 Å². The molecule has 0 aliphatic rings. The largest absolute Gasteiger partial charge is 0.245 e. The monoisotopic (exact) mass is 275 g/mol. The number of rotatable bonds is 5. The van der Waals surface area contributed by atoms with Crippen LogP contribution < -0.4 is 0 Å². The Balaban J connectivity index is 2.05. The Bertz CT molecular complexity index is 715. The minimum absolute atomic E-state index is 0.763. The summed E-state index contributed by atoms with van der Waals surface area (Å²) in [5.41, 5.74) is 2.11. The van der Waals surface area contributed by atoms with Crippen molar-refractivity contribution >= 4 is 0 Å². The van der Waals surface area contributed by atoms with E-state index >= 15 is 0 Å². The molecular weight excluding hydrogens is 258 g/mol. The van der Waals surface area contributed by atoms with E-state index in [0.29, 0.717) is 0 Å². The molecule has 0 saturated carbocycles. The van der Waals surface area contributed by atoms with Gasteiger partial charge in [0.25, 0.3) is 0 Å². The Morgan fingerprint density at radius 2 is 1.52 bits per heavy atom. The second-order valence-corrected chi connectivity index (χ2v) is 4.79. The smallest absolute Gasteiger partial charge is 0.181 e. The van der Waals surface area contributed by atoms with Crippen LogP contribution in [0.1, 0.15) is 6.42 Å². The van der Waals surface area contributed by atoms with Gasteiger partial charge in [-0.15, -0.1) is 6.58 Å². The summed E-state index contributed by atoms with van der Waals surface area (Å²) in [7, 11) is 0. The van der Waals surface area contributed by atoms with Crippen molar-refractivity contribution in [1.82, 2.24) is 14.8 Å². The van der Waals surface area contributed by atoms with E-state index in [4.69, 9.17) is 4.98 Å². The molecular formula is C18H17N3. The first-order valence-electron chi connectivity index (χ1n) is 7.05. The highest BCUT2D eigenvalue weighted by molar-refractivity contribution is 5.61. The third kappa shape index (κ3) is 2.92. The average Bonchev–Trinajstić information content (AvgIpc) is 2.99. The normalized spacial score (nSPS) is 10.5. The summed E-state index contributed by atoms with van der Waals surface area (Å²) in [6.45, 7) is 4.57. The van der Waals surface area contributed by atoms with E-state index < -0.39 is 0 Å². The van der Waals surface area contributed by atoms with E-state index in [0.717, 1.165) is 35.7 Å². The first-order chi connectivity index (χ1) is 10.4. The predicted molar refractivity (Wildman–Crippen MR) is 85.7 cm³/mol. The molecule has 0 saturated heterocycles.